The Morgan fingerprint density at radius 3 is 2.85 bits per heavy atom. The Morgan fingerprint density at radius 2 is 2.15 bits per heavy atom. The van der Waals surface area contributed by atoms with Gasteiger partial charge in [-0.2, -0.15) is 0 Å². The van der Waals surface area contributed by atoms with E-state index in [1.54, 1.807) is 14.0 Å². The molecule has 20 heavy (non-hydrogen) atoms. The van der Waals surface area contributed by atoms with Crippen LogP contribution in [0.15, 0.2) is 18.2 Å². The van der Waals surface area contributed by atoms with Crippen LogP contribution in [0.3, 0.4) is 0 Å². The van der Waals surface area contributed by atoms with Gasteiger partial charge in [0.25, 0.3) is 0 Å². The highest BCUT2D eigenvalue weighted by Gasteiger charge is 2.19. The average molecular weight is 275 g/mol. The molecule has 2 rings (SSSR count). The molecule has 1 fully saturated rings. The summed E-state index contributed by atoms with van der Waals surface area (Å²) in [7, 11) is 1.69. The Labute approximate surface area is 121 Å². The van der Waals surface area contributed by atoms with E-state index in [9.17, 15) is 4.79 Å². The Bertz CT molecular complexity index is 470. The van der Waals surface area contributed by atoms with E-state index in [-0.39, 0.29) is 5.78 Å². The SMILES string of the molecule is COc1ccc(C(C)=O)cc1CN1CCCCCC1C. The zero-order valence-corrected chi connectivity index (χ0v) is 12.8. The maximum atomic E-state index is 11.6. The lowest BCUT2D eigenvalue weighted by Gasteiger charge is -2.27. The minimum absolute atomic E-state index is 0.109. The third-order valence-electron chi connectivity index (χ3n) is 4.25. The van der Waals surface area contributed by atoms with Crippen LogP contribution in [0, 0.1) is 0 Å². The zero-order valence-electron chi connectivity index (χ0n) is 12.8. The van der Waals surface area contributed by atoms with Crippen molar-refractivity contribution >= 4 is 5.78 Å². The van der Waals surface area contributed by atoms with Crippen molar-refractivity contribution in [2.45, 2.75) is 52.1 Å². The fourth-order valence-electron chi connectivity index (χ4n) is 2.91. The van der Waals surface area contributed by atoms with Crippen molar-refractivity contribution in [2.75, 3.05) is 13.7 Å². The van der Waals surface area contributed by atoms with E-state index in [2.05, 4.69) is 11.8 Å². The molecule has 3 heteroatoms. The standard InChI is InChI=1S/C17H25NO2/c1-13-7-5-4-6-10-18(13)12-16-11-15(14(2)19)8-9-17(16)20-3/h8-9,11,13H,4-7,10,12H2,1-3H3. The summed E-state index contributed by atoms with van der Waals surface area (Å²) in [5, 5.41) is 0. The fraction of sp³-hybridized carbons (Fsp3) is 0.588. The minimum atomic E-state index is 0.109. The Kier molecular flexibility index (Phi) is 5.18. The molecule has 0 spiro atoms. The molecule has 1 aliphatic heterocycles. The molecule has 1 aromatic carbocycles. The third kappa shape index (κ3) is 3.60. The average Bonchev–Trinajstić information content (AvgIpc) is 2.64. The summed E-state index contributed by atoms with van der Waals surface area (Å²) in [6.07, 6.45) is 5.17. The van der Waals surface area contributed by atoms with Crippen molar-refractivity contribution in [3.63, 3.8) is 0 Å². The van der Waals surface area contributed by atoms with Crippen molar-refractivity contribution < 1.29 is 9.53 Å². The van der Waals surface area contributed by atoms with Gasteiger partial charge in [0.05, 0.1) is 7.11 Å². The smallest absolute Gasteiger partial charge is 0.159 e. The van der Waals surface area contributed by atoms with Crippen molar-refractivity contribution in [1.82, 2.24) is 4.90 Å². The first-order valence-corrected chi connectivity index (χ1v) is 7.53. The monoisotopic (exact) mass is 275 g/mol. The normalized spacial score (nSPS) is 20.4. The maximum Gasteiger partial charge on any atom is 0.159 e. The van der Waals surface area contributed by atoms with Gasteiger partial charge in [-0.25, -0.2) is 0 Å². The van der Waals surface area contributed by atoms with Gasteiger partial charge >= 0.3 is 0 Å². The van der Waals surface area contributed by atoms with Crippen LogP contribution in [-0.4, -0.2) is 30.4 Å². The second-order valence-corrected chi connectivity index (χ2v) is 5.75. The number of ether oxygens (including phenoxy) is 1. The topological polar surface area (TPSA) is 29.5 Å². The summed E-state index contributed by atoms with van der Waals surface area (Å²) in [6.45, 7) is 5.91. The number of hydrogen-bond donors (Lipinski definition) is 0. The molecule has 0 amide bonds. The molecule has 110 valence electrons. The molecule has 0 aliphatic carbocycles. The highest BCUT2D eigenvalue weighted by atomic mass is 16.5. The van der Waals surface area contributed by atoms with Crippen molar-refractivity contribution in [1.29, 1.82) is 0 Å². The lowest BCUT2D eigenvalue weighted by molar-refractivity contribution is 0.101. The molecule has 1 heterocycles. The number of methoxy groups -OCH3 is 1. The minimum Gasteiger partial charge on any atom is -0.496 e. The molecule has 1 aliphatic rings. The van der Waals surface area contributed by atoms with Crippen LogP contribution in [-0.2, 0) is 6.54 Å². The molecule has 1 atom stereocenters. The first kappa shape index (κ1) is 15.0. The Morgan fingerprint density at radius 1 is 1.35 bits per heavy atom. The molecule has 0 radical (unpaired) electrons. The van der Waals surface area contributed by atoms with E-state index >= 15 is 0 Å². The van der Waals surface area contributed by atoms with Crippen LogP contribution in [0.1, 0.15) is 55.5 Å². The predicted molar refractivity (Wildman–Crippen MR) is 81.3 cm³/mol. The van der Waals surface area contributed by atoms with Crippen LogP contribution in [0.2, 0.25) is 0 Å². The van der Waals surface area contributed by atoms with Crippen LogP contribution in [0.25, 0.3) is 0 Å². The molecule has 0 bridgehead atoms. The first-order valence-electron chi connectivity index (χ1n) is 7.53. The second-order valence-electron chi connectivity index (χ2n) is 5.75. The van der Waals surface area contributed by atoms with Gasteiger partial charge in [-0.3, -0.25) is 9.69 Å². The van der Waals surface area contributed by atoms with E-state index in [1.807, 2.05) is 18.2 Å². The molecule has 0 saturated carbocycles. The summed E-state index contributed by atoms with van der Waals surface area (Å²) in [5.74, 6) is 0.990. The van der Waals surface area contributed by atoms with Gasteiger partial charge in [-0.15, -0.1) is 0 Å². The Hall–Kier alpha value is -1.35. The van der Waals surface area contributed by atoms with Gasteiger partial charge in [-0.05, 0) is 51.4 Å². The molecule has 0 N–H and O–H groups in total. The highest BCUT2D eigenvalue weighted by molar-refractivity contribution is 5.94. The molecular weight excluding hydrogens is 250 g/mol. The Balaban J connectivity index is 2.21. The van der Waals surface area contributed by atoms with Gasteiger partial charge in [-0.1, -0.05) is 12.8 Å². The molecular formula is C17H25NO2. The lowest BCUT2D eigenvalue weighted by Crippen LogP contribution is -2.32. The summed E-state index contributed by atoms with van der Waals surface area (Å²) in [6, 6.07) is 6.34. The lowest BCUT2D eigenvalue weighted by atomic mass is 10.1. The number of carbonyl (C=O) groups excluding carboxylic acids is 1. The van der Waals surface area contributed by atoms with E-state index in [4.69, 9.17) is 4.74 Å². The number of Topliss-reactive ketones (excluding diaryl/α,β-unsaturated/α-hetero) is 1. The van der Waals surface area contributed by atoms with Gasteiger partial charge in [0.1, 0.15) is 5.75 Å². The third-order valence-corrected chi connectivity index (χ3v) is 4.25. The summed E-state index contributed by atoms with van der Waals surface area (Å²) in [5.41, 5.74) is 1.89. The molecule has 1 saturated heterocycles. The van der Waals surface area contributed by atoms with Gasteiger partial charge in [0, 0.05) is 23.7 Å². The molecule has 1 aromatic rings. The van der Waals surface area contributed by atoms with Gasteiger partial charge < -0.3 is 4.74 Å². The van der Waals surface area contributed by atoms with Crippen LogP contribution >= 0.6 is 0 Å². The quantitative estimate of drug-likeness (QED) is 0.785. The van der Waals surface area contributed by atoms with Crippen molar-refractivity contribution in [3.05, 3.63) is 29.3 Å². The van der Waals surface area contributed by atoms with Crippen LogP contribution in [0.5, 0.6) is 5.75 Å². The number of likely N-dealkylation sites (tertiary alicyclic amines) is 1. The van der Waals surface area contributed by atoms with E-state index < -0.39 is 0 Å². The number of ketones is 1. The summed E-state index contributed by atoms with van der Waals surface area (Å²) >= 11 is 0. The van der Waals surface area contributed by atoms with Gasteiger partial charge in [0.15, 0.2) is 5.78 Å². The van der Waals surface area contributed by atoms with E-state index in [0.29, 0.717) is 6.04 Å². The molecule has 1 unspecified atom stereocenters. The summed E-state index contributed by atoms with van der Waals surface area (Å²) in [4.78, 5) is 14.1. The van der Waals surface area contributed by atoms with E-state index in [0.717, 1.165) is 30.0 Å². The second kappa shape index (κ2) is 6.89. The predicted octanol–water partition coefficient (Wildman–Crippen LogP) is 3.66. The fourth-order valence-corrected chi connectivity index (χ4v) is 2.91. The van der Waals surface area contributed by atoms with E-state index in [1.165, 1.54) is 25.7 Å². The van der Waals surface area contributed by atoms with Crippen LogP contribution in [0.4, 0.5) is 0 Å². The van der Waals surface area contributed by atoms with Crippen molar-refractivity contribution in [2.24, 2.45) is 0 Å². The van der Waals surface area contributed by atoms with Crippen LogP contribution < -0.4 is 4.74 Å². The number of rotatable bonds is 4. The number of nitrogens with zero attached hydrogens (tertiary/aromatic N) is 1. The molecule has 3 nitrogen and oxygen atoms in total. The largest absolute Gasteiger partial charge is 0.496 e. The molecule has 0 aromatic heterocycles. The first-order chi connectivity index (χ1) is 9.61. The highest BCUT2D eigenvalue weighted by Crippen LogP contribution is 2.25. The van der Waals surface area contributed by atoms with Gasteiger partial charge in [0.2, 0.25) is 0 Å². The maximum absolute atomic E-state index is 11.6. The number of hydrogen-bond acceptors (Lipinski definition) is 3. The number of carbonyl (C=O) groups is 1. The summed E-state index contributed by atoms with van der Waals surface area (Å²) < 4.78 is 5.45. The number of benzene rings is 1. The zero-order chi connectivity index (χ0) is 14.5. The van der Waals surface area contributed by atoms with Crippen molar-refractivity contribution in [3.8, 4) is 5.75 Å².